The standard InChI is InChI=1S/C42H82O5/c1-5-39(4)33-29-25-21-17-14-15-19-23-27-31-35-42(45)47-37-40(43)36-46-41(44)34-30-26-22-18-13-11-9-7-6-8-10-12-16-20-24-28-32-38(2)3/h38-40,43H,5-37H2,1-4H3/t39?,40-/m1/s1. The summed E-state index contributed by atoms with van der Waals surface area (Å²) < 4.78 is 10.4. The fourth-order valence-corrected chi connectivity index (χ4v) is 6.25. The van der Waals surface area contributed by atoms with Crippen molar-refractivity contribution >= 4 is 11.9 Å². The minimum absolute atomic E-state index is 0.109. The molecule has 0 aromatic carbocycles. The van der Waals surface area contributed by atoms with Gasteiger partial charge in [-0.2, -0.15) is 0 Å². The number of carbonyl (C=O) groups excluding carboxylic acids is 2. The van der Waals surface area contributed by atoms with Crippen molar-refractivity contribution < 1.29 is 24.2 Å². The first-order valence-corrected chi connectivity index (χ1v) is 20.8. The second-order valence-corrected chi connectivity index (χ2v) is 15.2. The summed E-state index contributed by atoms with van der Waals surface area (Å²) in [5.74, 6) is 1.19. The molecule has 0 saturated heterocycles. The fraction of sp³-hybridized carbons (Fsp3) is 0.952. The summed E-state index contributed by atoms with van der Waals surface area (Å²) in [6.07, 6.45) is 37.3. The van der Waals surface area contributed by atoms with E-state index < -0.39 is 6.10 Å². The Morgan fingerprint density at radius 3 is 1.02 bits per heavy atom. The Bertz CT molecular complexity index is 663. The summed E-state index contributed by atoms with van der Waals surface area (Å²) in [7, 11) is 0. The van der Waals surface area contributed by atoms with Crippen LogP contribution < -0.4 is 0 Å². The van der Waals surface area contributed by atoms with Crippen LogP contribution in [0.4, 0.5) is 0 Å². The van der Waals surface area contributed by atoms with Gasteiger partial charge >= 0.3 is 11.9 Å². The molecule has 0 bridgehead atoms. The van der Waals surface area contributed by atoms with Crippen molar-refractivity contribution in [2.24, 2.45) is 11.8 Å². The molecule has 0 aromatic rings. The minimum Gasteiger partial charge on any atom is -0.463 e. The Hall–Kier alpha value is -1.10. The second-order valence-electron chi connectivity index (χ2n) is 15.2. The highest BCUT2D eigenvalue weighted by molar-refractivity contribution is 5.69. The summed E-state index contributed by atoms with van der Waals surface area (Å²) in [5.41, 5.74) is 0. The lowest BCUT2D eigenvalue weighted by molar-refractivity contribution is -0.152. The molecule has 1 unspecified atom stereocenters. The van der Waals surface area contributed by atoms with Crippen LogP contribution in [-0.4, -0.2) is 36.4 Å². The molecule has 1 N–H and O–H groups in total. The Labute approximate surface area is 293 Å². The van der Waals surface area contributed by atoms with Gasteiger partial charge in [0.05, 0.1) is 0 Å². The van der Waals surface area contributed by atoms with Crippen LogP contribution in [0.2, 0.25) is 0 Å². The van der Waals surface area contributed by atoms with E-state index in [0.717, 1.165) is 37.5 Å². The molecular weight excluding hydrogens is 584 g/mol. The molecule has 0 aromatic heterocycles. The average Bonchev–Trinajstić information content (AvgIpc) is 3.05. The Morgan fingerprint density at radius 1 is 0.447 bits per heavy atom. The van der Waals surface area contributed by atoms with E-state index >= 15 is 0 Å². The average molecular weight is 667 g/mol. The number of hydrogen-bond acceptors (Lipinski definition) is 5. The molecule has 0 radical (unpaired) electrons. The van der Waals surface area contributed by atoms with Crippen LogP contribution in [-0.2, 0) is 19.1 Å². The molecule has 2 atom stereocenters. The molecule has 0 aliphatic rings. The molecule has 0 rings (SSSR count). The fourth-order valence-electron chi connectivity index (χ4n) is 6.25. The summed E-state index contributed by atoms with van der Waals surface area (Å²) in [5, 5.41) is 10.0. The highest BCUT2D eigenvalue weighted by Gasteiger charge is 2.12. The van der Waals surface area contributed by atoms with Gasteiger partial charge in [0.15, 0.2) is 0 Å². The number of rotatable bonds is 37. The van der Waals surface area contributed by atoms with E-state index in [2.05, 4.69) is 27.7 Å². The van der Waals surface area contributed by atoms with E-state index in [-0.39, 0.29) is 25.2 Å². The van der Waals surface area contributed by atoms with Crippen LogP contribution in [0.25, 0.3) is 0 Å². The van der Waals surface area contributed by atoms with E-state index in [9.17, 15) is 14.7 Å². The number of aliphatic hydroxyl groups excluding tert-OH is 1. The maximum Gasteiger partial charge on any atom is 0.305 e. The molecule has 0 spiro atoms. The lowest BCUT2D eigenvalue weighted by Gasteiger charge is -2.12. The number of ether oxygens (including phenoxy) is 2. The highest BCUT2D eigenvalue weighted by atomic mass is 16.6. The van der Waals surface area contributed by atoms with Crippen molar-refractivity contribution in [1.82, 2.24) is 0 Å². The van der Waals surface area contributed by atoms with E-state index in [1.54, 1.807) is 0 Å². The summed E-state index contributed by atoms with van der Waals surface area (Å²) >= 11 is 0. The number of esters is 2. The van der Waals surface area contributed by atoms with Crippen LogP contribution in [0.3, 0.4) is 0 Å². The van der Waals surface area contributed by atoms with Crippen LogP contribution in [0.5, 0.6) is 0 Å². The molecule has 0 heterocycles. The molecule has 0 saturated carbocycles. The molecular formula is C42H82O5. The molecule has 5 nitrogen and oxygen atoms in total. The Balaban J connectivity index is 3.38. The van der Waals surface area contributed by atoms with Gasteiger partial charge in [0, 0.05) is 12.8 Å². The third kappa shape index (κ3) is 37.6. The van der Waals surface area contributed by atoms with Crippen LogP contribution in [0.15, 0.2) is 0 Å². The molecule has 0 fully saturated rings. The zero-order valence-electron chi connectivity index (χ0n) is 32.1. The van der Waals surface area contributed by atoms with E-state index in [0.29, 0.717) is 12.8 Å². The van der Waals surface area contributed by atoms with Gasteiger partial charge in [0.25, 0.3) is 0 Å². The maximum absolute atomic E-state index is 12.0. The van der Waals surface area contributed by atoms with Crippen molar-refractivity contribution in [3.05, 3.63) is 0 Å². The third-order valence-corrected chi connectivity index (χ3v) is 9.81. The molecule has 0 aliphatic carbocycles. The number of carbonyl (C=O) groups is 2. The predicted molar refractivity (Wildman–Crippen MR) is 201 cm³/mol. The summed E-state index contributed by atoms with van der Waals surface area (Å²) in [6.45, 7) is 9.06. The Morgan fingerprint density at radius 2 is 0.723 bits per heavy atom. The molecule has 0 aliphatic heterocycles. The maximum atomic E-state index is 12.0. The summed E-state index contributed by atoms with van der Waals surface area (Å²) in [6, 6.07) is 0. The van der Waals surface area contributed by atoms with Gasteiger partial charge in [0.1, 0.15) is 19.3 Å². The van der Waals surface area contributed by atoms with Gasteiger partial charge in [-0.25, -0.2) is 0 Å². The first-order valence-electron chi connectivity index (χ1n) is 20.8. The van der Waals surface area contributed by atoms with E-state index in [1.807, 2.05) is 0 Å². The van der Waals surface area contributed by atoms with Gasteiger partial charge in [-0.3, -0.25) is 9.59 Å². The van der Waals surface area contributed by atoms with Crippen molar-refractivity contribution in [1.29, 1.82) is 0 Å². The first kappa shape index (κ1) is 45.9. The smallest absolute Gasteiger partial charge is 0.305 e. The summed E-state index contributed by atoms with van der Waals surface area (Å²) in [4.78, 5) is 24.0. The van der Waals surface area contributed by atoms with Crippen LogP contribution >= 0.6 is 0 Å². The number of aliphatic hydroxyl groups is 1. The largest absolute Gasteiger partial charge is 0.463 e. The quantitative estimate of drug-likeness (QED) is 0.0527. The van der Waals surface area contributed by atoms with Gasteiger partial charge in [0.2, 0.25) is 0 Å². The first-order chi connectivity index (χ1) is 22.8. The highest BCUT2D eigenvalue weighted by Crippen LogP contribution is 2.17. The normalized spacial score (nSPS) is 12.8. The van der Waals surface area contributed by atoms with Crippen LogP contribution in [0, 0.1) is 11.8 Å². The Kier molecular flexibility index (Phi) is 35.3. The van der Waals surface area contributed by atoms with Crippen molar-refractivity contribution in [3.8, 4) is 0 Å². The zero-order valence-corrected chi connectivity index (χ0v) is 32.1. The third-order valence-electron chi connectivity index (χ3n) is 9.81. The predicted octanol–water partition coefficient (Wildman–Crippen LogP) is 12.8. The van der Waals surface area contributed by atoms with Crippen LogP contribution in [0.1, 0.15) is 227 Å². The molecule has 280 valence electrons. The van der Waals surface area contributed by atoms with Gasteiger partial charge in [-0.05, 0) is 24.7 Å². The topological polar surface area (TPSA) is 72.8 Å². The second kappa shape index (κ2) is 36.2. The molecule has 5 heteroatoms. The SMILES string of the molecule is CCC(C)CCCCCCCCCCCCC(=O)OC[C@H](O)COC(=O)CCCCCCCCCCCCCCCCCCC(C)C. The van der Waals surface area contributed by atoms with Crippen molar-refractivity contribution in [3.63, 3.8) is 0 Å². The molecule has 0 amide bonds. The lowest BCUT2D eigenvalue weighted by atomic mass is 9.99. The van der Waals surface area contributed by atoms with E-state index in [4.69, 9.17) is 9.47 Å². The van der Waals surface area contributed by atoms with Crippen molar-refractivity contribution in [2.45, 2.75) is 233 Å². The molecule has 47 heavy (non-hydrogen) atoms. The van der Waals surface area contributed by atoms with E-state index in [1.165, 1.54) is 161 Å². The van der Waals surface area contributed by atoms with Gasteiger partial charge in [-0.15, -0.1) is 0 Å². The lowest BCUT2D eigenvalue weighted by Crippen LogP contribution is -2.25. The number of unbranched alkanes of at least 4 members (excludes halogenated alkanes) is 24. The monoisotopic (exact) mass is 667 g/mol. The van der Waals surface area contributed by atoms with Crippen molar-refractivity contribution in [2.75, 3.05) is 13.2 Å². The number of hydrogen-bond donors (Lipinski definition) is 1. The minimum atomic E-state index is -0.956. The van der Waals surface area contributed by atoms with Gasteiger partial charge in [-0.1, -0.05) is 201 Å². The van der Waals surface area contributed by atoms with Gasteiger partial charge < -0.3 is 14.6 Å². The zero-order chi connectivity index (χ0) is 34.6.